The summed E-state index contributed by atoms with van der Waals surface area (Å²) in [6.45, 7) is 0. The first kappa shape index (κ1) is 20.5. The minimum atomic E-state index is -0.414. The van der Waals surface area contributed by atoms with Gasteiger partial charge in [-0.3, -0.25) is 19.3 Å². The second kappa shape index (κ2) is 7.05. The summed E-state index contributed by atoms with van der Waals surface area (Å²) in [5, 5.41) is 10.8. The third-order valence-electron chi connectivity index (χ3n) is 8.06. The van der Waals surface area contributed by atoms with Gasteiger partial charge >= 0.3 is 4.87 Å². The summed E-state index contributed by atoms with van der Waals surface area (Å²) in [5.74, 6) is -1.36. The first-order valence-electron chi connectivity index (χ1n) is 11.2. The quantitative estimate of drug-likeness (QED) is 0.527. The molecule has 0 radical (unpaired) electrons. The van der Waals surface area contributed by atoms with Gasteiger partial charge < -0.3 is 10.1 Å². The number of nitrogens with one attached hydrogen (secondary N) is 1. The Balaban J connectivity index is 1.32. The predicted molar refractivity (Wildman–Crippen MR) is 125 cm³/mol. The number of benzene rings is 2. The molecule has 3 aromatic rings. The molecule has 9 heteroatoms. The fraction of sp³-hybridized carbons (Fsp3) is 0.320. The summed E-state index contributed by atoms with van der Waals surface area (Å²) in [6, 6.07) is 12.6. The fourth-order valence-corrected chi connectivity index (χ4v) is 9.81. The second-order valence-electron chi connectivity index (χ2n) is 9.54. The number of nitrogens with zero attached hydrogens (tertiary/aromatic N) is 1. The lowest BCUT2D eigenvalue weighted by atomic mass is 9.68. The van der Waals surface area contributed by atoms with Gasteiger partial charge in [-0.25, -0.2) is 4.39 Å². The van der Waals surface area contributed by atoms with E-state index >= 15 is 0 Å². The summed E-state index contributed by atoms with van der Waals surface area (Å²) in [4.78, 5) is 44.5. The minimum absolute atomic E-state index is 0.0125. The zero-order valence-electron chi connectivity index (χ0n) is 17.7. The number of carbonyl (C=O) groups excluding carboxylic acids is 2. The highest BCUT2D eigenvalue weighted by molar-refractivity contribution is 8.00. The van der Waals surface area contributed by atoms with Crippen LogP contribution in [0, 0.1) is 35.4 Å². The van der Waals surface area contributed by atoms with Gasteiger partial charge in [0.1, 0.15) is 11.6 Å². The van der Waals surface area contributed by atoms with E-state index in [1.807, 2.05) is 12.1 Å². The van der Waals surface area contributed by atoms with Gasteiger partial charge in [0.2, 0.25) is 11.8 Å². The molecule has 2 N–H and O–H groups in total. The molecule has 0 spiro atoms. The molecule has 2 bridgehead atoms. The van der Waals surface area contributed by atoms with E-state index in [4.69, 9.17) is 0 Å². The molecule has 3 heterocycles. The molecule has 1 aromatic heterocycles. The van der Waals surface area contributed by atoms with Crippen LogP contribution in [0.3, 0.4) is 0 Å². The Bertz CT molecular complexity index is 1400. The van der Waals surface area contributed by atoms with Gasteiger partial charge in [-0.2, -0.15) is 0 Å². The molecule has 2 saturated carbocycles. The molecule has 7 rings (SSSR count). The highest BCUT2D eigenvalue weighted by atomic mass is 32.2. The summed E-state index contributed by atoms with van der Waals surface area (Å²) in [5.41, 5.74) is 1.42. The first-order valence-corrected chi connectivity index (χ1v) is 12.9. The smallest absolute Gasteiger partial charge is 0.305 e. The van der Waals surface area contributed by atoms with Crippen LogP contribution in [0.5, 0.6) is 5.75 Å². The SMILES string of the molecule is O=C1C2C(C(=O)N1c1ccc(F)cc1)[C@@H]1C[C@H]2C2Sc3[nH]c(=O)sc3C(c3ccc(O)cc3)C21. The molecule has 2 aliphatic heterocycles. The maximum Gasteiger partial charge on any atom is 0.305 e. The molecule has 7 atom stereocenters. The maximum atomic E-state index is 13.6. The van der Waals surface area contributed by atoms with Gasteiger partial charge in [-0.05, 0) is 66.1 Å². The second-order valence-corrected chi connectivity index (χ2v) is 11.7. The van der Waals surface area contributed by atoms with Crippen LogP contribution in [0.15, 0.2) is 58.4 Å². The molecule has 4 aliphatic rings. The monoisotopic (exact) mass is 494 g/mol. The minimum Gasteiger partial charge on any atom is -0.508 e. The summed E-state index contributed by atoms with van der Waals surface area (Å²) >= 11 is 2.84. The molecule has 3 fully saturated rings. The zero-order valence-corrected chi connectivity index (χ0v) is 19.3. The third-order valence-corrected chi connectivity index (χ3v) is 10.6. The van der Waals surface area contributed by atoms with E-state index in [9.17, 15) is 23.9 Å². The van der Waals surface area contributed by atoms with Gasteiger partial charge in [0.25, 0.3) is 0 Å². The fourth-order valence-electron chi connectivity index (χ4n) is 6.92. The van der Waals surface area contributed by atoms with Crippen molar-refractivity contribution >= 4 is 40.6 Å². The standard InChI is InChI=1S/C25H19FN2O4S2/c26-11-3-5-12(6-4-11)28-23(30)18-14-9-15(19(18)24(28)31)20-17(14)16(10-1-7-13(29)8-2-10)21-22(33-20)27-25(32)34-21/h1-8,14-20,29H,9H2,(H,27,32)/t14-,15-,16?,17?,18?,19?,20?/m1/s1. The van der Waals surface area contributed by atoms with Crippen molar-refractivity contribution < 1.29 is 19.1 Å². The topological polar surface area (TPSA) is 90.5 Å². The number of hydrogen-bond donors (Lipinski definition) is 2. The number of hydrogen-bond acceptors (Lipinski definition) is 6. The van der Waals surface area contributed by atoms with Crippen LogP contribution in [0.25, 0.3) is 0 Å². The Labute approximate surface area is 201 Å². The molecule has 1 saturated heterocycles. The van der Waals surface area contributed by atoms with Crippen LogP contribution >= 0.6 is 23.1 Å². The van der Waals surface area contributed by atoms with Crippen molar-refractivity contribution in [3.05, 3.63) is 74.5 Å². The largest absolute Gasteiger partial charge is 0.508 e. The van der Waals surface area contributed by atoms with Crippen molar-refractivity contribution in [3.8, 4) is 5.75 Å². The Morgan fingerprint density at radius 1 is 0.941 bits per heavy atom. The number of phenolic OH excluding ortho intramolecular Hbond substituents is 1. The van der Waals surface area contributed by atoms with Crippen LogP contribution < -0.4 is 9.77 Å². The molecular formula is C25H19FN2O4S2. The van der Waals surface area contributed by atoms with Crippen molar-refractivity contribution in [2.24, 2.45) is 29.6 Å². The highest BCUT2D eigenvalue weighted by Gasteiger charge is 2.69. The van der Waals surface area contributed by atoms with Gasteiger partial charge in [0.15, 0.2) is 0 Å². The van der Waals surface area contributed by atoms with Crippen molar-refractivity contribution in [1.82, 2.24) is 4.98 Å². The van der Waals surface area contributed by atoms with E-state index in [0.717, 1.165) is 21.9 Å². The van der Waals surface area contributed by atoms with Gasteiger partial charge in [-0.1, -0.05) is 23.5 Å². The maximum absolute atomic E-state index is 13.6. The number of amides is 2. The van der Waals surface area contributed by atoms with Gasteiger partial charge in [-0.15, -0.1) is 11.8 Å². The van der Waals surface area contributed by atoms with E-state index in [0.29, 0.717) is 5.69 Å². The number of H-pyrrole nitrogens is 1. The number of aromatic amines is 1. The number of imide groups is 1. The summed E-state index contributed by atoms with van der Waals surface area (Å²) < 4.78 is 13.5. The Morgan fingerprint density at radius 3 is 2.32 bits per heavy atom. The Hall–Kier alpha value is -2.91. The van der Waals surface area contributed by atoms with Gasteiger partial charge in [0, 0.05) is 16.0 Å². The number of fused-ring (bicyclic) bond motifs is 9. The molecule has 2 aliphatic carbocycles. The highest BCUT2D eigenvalue weighted by Crippen LogP contribution is 2.68. The number of halogens is 1. The number of thioether (sulfide) groups is 1. The molecule has 5 unspecified atom stereocenters. The molecule has 2 aromatic carbocycles. The predicted octanol–water partition coefficient (Wildman–Crippen LogP) is 3.96. The van der Waals surface area contributed by atoms with Crippen LogP contribution in [0.1, 0.15) is 22.8 Å². The van der Waals surface area contributed by atoms with Crippen molar-refractivity contribution in [2.45, 2.75) is 22.6 Å². The number of aromatic nitrogens is 1. The Morgan fingerprint density at radius 2 is 1.62 bits per heavy atom. The average molecular weight is 495 g/mol. The first-order chi connectivity index (χ1) is 16.4. The zero-order chi connectivity index (χ0) is 23.3. The van der Waals surface area contributed by atoms with E-state index in [1.165, 1.54) is 40.5 Å². The van der Waals surface area contributed by atoms with E-state index in [2.05, 4.69) is 4.98 Å². The van der Waals surface area contributed by atoms with Crippen LogP contribution in [-0.2, 0) is 9.59 Å². The lowest BCUT2D eigenvalue weighted by Gasteiger charge is -2.43. The lowest BCUT2D eigenvalue weighted by Crippen LogP contribution is -2.42. The molecule has 2 amide bonds. The van der Waals surface area contributed by atoms with Crippen molar-refractivity contribution in [3.63, 3.8) is 0 Å². The van der Waals surface area contributed by atoms with Crippen LogP contribution in [0.2, 0.25) is 0 Å². The van der Waals surface area contributed by atoms with E-state index in [1.54, 1.807) is 23.9 Å². The average Bonchev–Trinajstić information content (AvgIpc) is 3.54. The molecule has 34 heavy (non-hydrogen) atoms. The normalized spacial score (nSPS) is 33.2. The number of aromatic hydroxyl groups is 1. The number of thiazole rings is 1. The summed E-state index contributed by atoms with van der Waals surface area (Å²) in [6.07, 6.45) is 0.806. The number of anilines is 1. The van der Waals surface area contributed by atoms with Crippen molar-refractivity contribution in [2.75, 3.05) is 4.90 Å². The van der Waals surface area contributed by atoms with E-state index < -0.39 is 11.7 Å². The van der Waals surface area contributed by atoms with Crippen molar-refractivity contribution in [1.29, 1.82) is 0 Å². The number of rotatable bonds is 2. The third kappa shape index (κ3) is 2.65. The molecular weight excluding hydrogens is 475 g/mol. The molecule has 6 nitrogen and oxygen atoms in total. The Kier molecular flexibility index (Phi) is 4.24. The summed E-state index contributed by atoms with van der Waals surface area (Å²) in [7, 11) is 0. The van der Waals surface area contributed by atoms with Crippen LogP contribution in [-0.4, -0.2) is 27.2 Å². The lowest BCUT2D eigenvalue weighted by molar-refractivity contribution is -0.123. The van der Waals surface area contributed by atoms with E-state index in [-0.39, 0.29) is 57.3 Å². The van der Waals surface area contributed by atoms with Crippen LogP contribution in [0.4, 0.5) is 10.1 Å². The van der Waals surface area contributed by atoms with Gasteiger partial charge in [0.05, 0.1) is 22.5 Å². The molecule has 172 valence electrons. The number of carbonyl (C=O) groups is 2. The number of phenols is 1.